The van der Waals surface area contributed by atoms with E-state index in [1.54, 1.807) is 19.1 Å². The van der Waals surface area contributed by atoms with Crippen molar-refractivity contribution in [1.82, 2.24) is 4.72 Å². The van der Waals surface area contributed by atoms with Gasteiger partial charge in [0, 0.05) is 19.1 Å². The van der Waals surface area contributed by atoms with Crippen molar-refractivity contribution in [2.24, 2.45) is 5.92 Å². The Labute approximate surface area is 120 Å². The van der Waals surface area contributed by atoms with Gasteiger partial charge in [-0.25, -0.2) is 13.1 Å². The minimum absolute atomic E-state index is 0.0929. The van der Waals surface area contributed by atoms with E-state index in [0.29, 0.717) is 18.7 Å². The van der Waals surface area contributed by atoms with E-state index in [0.717, 1.165) is 6.42 Å². The van der Waals surface area contributed by atoms with Crippen LogP contribution >= 0.6 is 0 Å². The summed E-state index contributed by atoms with van der Waals surface area (Å²) in [4.78, 5) is 0.216. The van der Waals surface area contributed by atoms with Gasteiger partial charge in [0.2, 0.25) is 10.0 Å². The number of nitrogens with one attached hydrogen (secondary N) is 1. The maximum atomic E-state index is 12.2. The summed E-state index contributed by atoms with van der Waals surface area (Å²) in [6.45, 7) is 4.69. The van der Waals surface area contributed by atoms with Gasteiger partial charge in [0.1, 0.15) is 0 Å². The van der Waals surface area contributed by atoms with Gasteiger partial charge in [-0.05, 0) is 38.0 Å². The van der Waals surface area contributed by atoms with E-state index in [1.807, 2.05) is 6.92 Å². The monoisotopic (exact) mass is 299 g/mol. The van der Waals surface area contributed by atoms with Crippen LogP contribution in [0.3, 0.4) is 0 Å². The highest BCUT2D eigenvalue weighted by Crippen LogP contribution is 2.21. The Bertz CT molecular complexity index is 539. The summed E-state index contributed by atoms with van der Waals surface area (Å²) in [6.07, 6.45) is 0.372. The lowest BCUT2D eigenvalue weighted by Gasteiger charge is -2.15. The van der Waals surface area contributed by atoms with Crippen molar-refractivity contribution in [3.63, 3.8) is 0 Å². The van der Waals surface area contributed by atoms with Crippen molar-refractivity contribution in [3.05, 3.63) is 29.8 Å². The van der Waals surface area contributed by atoms with Crippen LogP contribution in [0.1, 0.15) is 31.9 Å². The van der Waals surface area contributed by atoms with Crippen LogP contribution in [-0.2, 0) is 14.8 Å². The lowest BCUT2D eigenvalue weighted by molar-refractivity contribution is 0.107. The van der Waals surface area contributed by atoms with Gasteiger partial charge in [0.05, 0.1) is 17.1 Å². The summed E-state index contributed by atoms with van der Waals surface area (Å²) < 4.78 is 32.4. The summed E-state index contributed by atoms with van der Waals surface area (Å²) in [5, 5.41) is 9.41. The summed E-state index contributed by atoms with van der Waals surface area (Å²) in [5.41, 5.74) is 0.696. The van der Waals surface area contributed by atoms with Crippen molar-refractivity contribution in [3.8, 4) is 0 Å². The van der Waals surface area contributed by atoms with Crippen molar-refractivity contribution in [2.45, 2.75) is 37.4 Å². The molecule has 3 unspecified atom stereocenters. The van der Waals surface area contributed by atoms with Crippen LogP contribution in [0.5, 0.6) is 0 Å². The van der Waals surface area contributed by atoms with Crippen molar-refractivity contribution in [2.75, 3.05) is 13.2 Å². The van der Waals surface area contributed by atoms with Crippen LogP contribution in [0.4, 0.5) is 0 Å². The zero-order chi connectivity index (χ0) is 14.8. The molecule has 0 aliphatic carbocycles. The van der Waals surface area contributed by atoms with E-state index in [-0.39, 0.29) is 16.9 Å². The molecule has 6 heteroatoms. The molecule has 1 saturated heterocycles. The average molecular weight is 299 g/mol. The molecule has 0 bridgehead atoms. The SMILES string of the molecule is CC(O)c1ccc(S(=O)(=O)NCC2CCOC2C)cc1. The molecular weight excluding hydrogens is 278 g/mol. The smallest absolute Gasteiger partial charge is 0.240 e. The van der Waals surface area contributed by atoms with Crippen molar-refractivity contribution >= 4 is 10.0 Å². The molecule has 0 radical (unpaired) electrons. The fourth-order valence-corrected chi connectivity index (χ4v) is 3.36. The van der Waals surface area contributed by atoms with Crippen LogP contribution in [0.2, 0.25) is 0 Å². The van der Waals surface area contributed by atoms with Gasteiger partial charge in [-0.2, -0.15) is 0 Å². The maximum absolute atomic E-state index is 12.2. The third kappa shape index (κ3) is 3.58. The largest absolute Gasteiger partial charge is 0.389 e. The van der Waals surface area contributed by atoms with Crippen molar-refractivity contribution < 1.29 is 18.3 Å². The first-order valence-electron chi connectivity index (χ1n) is 6.79. The zero-order valence-corrected chi connectivity index (χ0v) is 12.6. The molecule has 2 N–H and O–H groups in total. The second-order valence-electron chi connectivity index (χ2n) is 5.22. The molecule has 1 aliphatic rings. The fraction of sp³-hybridized carbons (Fsp3) is 0.571. The normalized spacial score (nSPS) is 24.8. The van der Waals surface area contributed by atoms with Crippen LogP contribution in [0.15, 0.2) is 29.2 Å². The number of sulfonamides is 1. The van der Waals surface area contributed by atoms with Gasteiger partial charge in [-0.1, -0.05) is 12.1 Å². The minimum atomic E-state index is -3.50. The number of benzene rings is 1. The first-order valence-corrected chi connectivity index (χ1v) is 8.28. The molecule has 0 spiro atoms. The molecule has 0 aromatic heterocycles. The molecule has 2 rings (SSSR count). The third-order valence-corrected chi connectivity index (χ3v) is 5.18. The summed E-state index contributed by atoms with van der Waals surface area (Å²) in [7, 11) is -3.50. The Morgan fingerprint density at radius 1 is 1.40 bits per heavy atom. The Morgan fingerprint density at radius 3 is 2.55 bits per heavy atom. The van der Waals surface area contributed by atoms with Crippen LogP contribution in [0.25, 0.3) is 0 Å². The molecule has 0 saturated carbocycles. The van der Waals surface area contributed by atoms with Crippen molar-refractivity contribution in [1.29, 1.82) is 0 Å². The third-order valence-electron chi connectivity index (χ3n) is 3.74. The van der Waals surface area contributed by atoms with Gasteiger partial charge in [-0.3, -0.25) is 0 Å². The van der Waals surface area contributed by atoms with Gasteiger partial charge in [0.25, 0.3) is 0 Å². The first kappa shape index (κ1) is 15.4. The standard InChI is InChI=1S/C14H21NO4S/c1-10(16)12-3-5-14(6-4-12)20(17,18)15-9-13-7-8-19-11(13)2/h3-6,10-11,13,15-16H,7-9H2,1-2H3. The van der Waals surface area contributed by atoms with Crippen LogP contribution in [0, 0.1) is 5.92 Å². The molecule has 1 aliphatic heterocycles. The second kappa shape index (κ2) is 6.22. The maximum Gasteiger partial charge on any atom is 0.240 e. The lowest BCUT2D eigenvalue weighted by Crippen LogP contribution is -2.32. The topological polar surface area (TPSA) is 75.6 Å². The fourth-order valence-electron chi connectivity index (χ4n) is 2.27. The van der Waals surface area contributed by atoms with Crippen LogP contribution < -0.4 is 4.72 Å². The van der Waals surface area contributed by atoms with E-state index >= 15 is 0 Å². The number of hydrogen-bond acceptors (Lipinski definition) is 4. The number of rotatable bonds is 5. The van der Waals surface area contributed by atoms with E-state index in [2.05, 4.69) is 4.72 Å². The van der Waals surface area contributed by atoms with Gasteiger partial charge in [0.15, 0.2) is 0 Å². The number of aliphatic hydroxyl groups excluding tert-OH is 1. The Morgan fingerprint density at radius 2 is 2.05 bits per heavy atom. The van der Waals surface area contributed by atoms with E-state index in [4.69, 9.17) is 4.74 Å². The summed E-state index contributed by atoms with van der Waals surface area (Å²) >= 11 is 0. The Kier molecular flexibility index (Phi) is 4.80. The quantitative estimate of drug-likeness (QED) is 0.862. The van der Waals surface area contributed by atoms with Crippen LogP contribution in [-0.4, -0.2) is 32.8 Å². The van der Waals surface area contributed by atoms with E-state index in [1.165, 1.54) is 12.1 Å². The predicted molar refractivity (Wildman–Crippen MR) is 75.8 cm³/mol. The molecule has 1 fully saturated rings. The highest BCUT2D eigenvalue weighted by atomic mass is 32.2. The zero-order valence-electron chi connectivity index (χ0n) is 11.7. The highest BCUT2D eigenvalue weighted by molar-refractivity contribution is 7.89. The van der Waals surface area contributed by atoms with E-state index in [9.17, 15) is 13.5 Å². The summed E-state index contributed by atoms with van der Waals surface area (Å²) in [5.74, 6) is 0.224. The van der Waals surface area contributed by atoms with Gasteiger partial charge >= 0.3 is 0 Å². The van der Waals surface area contributed by atoms with Gasteiger partial charge < -0.3 is 9.84 Å². The molecule has 3 atom stereocenters. The lowest BCUT2D eigenvalue weighted by atomic mass is 10.0. The number of aliphatic hydroxyl groups is 1. The Hall–Kier alpha value is -0.950. The molecule has 20 heavy (non-hydrogen) atoms. The summed E-state index contributed by atoms with van der Waals surface area (Å²) in [6, 6.07) is 6.28. The number of ether oxygens (including phenoxy) is 1. The first-order chi connectivity index (χ1) is 9.40. The molecule has 1 aromatic carbocycles. The molecule has 1 aromatic rings. The van der Waals surface area contributed by atoms with E-state index < -0.39 is 16.1 Å². The highest BCUT2D eigenvalue weighted by Gasteiger charge is 2.26. The molecule has 5 nitrogen and oxygen atoms in total. The predicted octanol–water partition coefficient (Wildman–Crippen LogP) is 1.44. The minimum Gasteiger partial charge on any atom is -0.389 e. The molecular formula is C14H21NO4S. The molecule has 0 amide bonds. The number of hydrogen-bond donors (Lipinski definition) is 2. The molecule has 1 heterocycles. The van der Waals surface area contributed by atoms with Gasteiger partial charge in [-0.15, -0.1) is 0 Å². The molecule has 112 valence electrons. The average Bonchev–Trinajstić information content (AvgIpc) is 2.82. The second-order valence-corrected chi connectivity index (χ2v) is 6.99. The Balaban J connectivity index is 2.02.